The third-order valence-electron chi connectivity index (χ3n) is 21.3. The van der Waals surface area contributed by atoms with Gasteiger partial charge in [-0.1, -0.05) is 315 Å². The average molecular weight is 1540 g/mol. The maximum Gasteiger partial charge on any atom is 0.323 e. The number of carbonyl (C=O) groups is 3. The molecular formula is C96H182N2O11. The Hall–Kier alpha value is -2.91. The highest BCUT2D eigenvalue weighted by Gasteiger charge is 2.27. The zero-order valence-corrected chi connectivity index (χ0v) is 73.2. The molecule has 0 rings (SSSR count). The van der Waals surface area contributed by atoms with Gasteiger partial charge in [-0.15, -0.1) is 0 Å². The van der Waals surface area contributed by atoms with Crippen LogP contribution in [0.2, 0.25) is 0 Å². The van der Waals surface area contributed by atoms with Crippen LogP contribution in [0.1, 0.15) is 433 Å². The standard InChI is InChI=1S/C96H182N2O11/c1-8-14-20-26-28-30-32-34-36-38-40-42-44-46-50-60-72-90(73-61-51-47-45-43-41-39-37-35-33-31-29-27-21-15-9-2)109-96(102)93(97(7)80-81-99)74-64-67-79-98(77-65-54-48-52-62-75-94(100)107-91(86-103-82-68-56-22-16-10-3)87-104-83-69-57-23-17-11-4)78-66-55-49-53-63-76-95(101)108-92(88-105-84-70-58-24-18-12-5)89-106-85-71-59-25-19-13-6/h28-31,34-37,90-93,99H,8-27,32-33,38-89H2,1-7H3/b30-28+,31-29+,36-34+,37-35+. The molecule has 0 fully saturated rings. The second kappa shape index (κ2) is 89.0. The van der Waals surface area contributed by atoms with E-state index < -0.39 is 6.04 Å². The van der Waals surface area contributed by atoms with Gasteiger partial charge in [-0.05, 0) is 181 Å². The summed E-state index contributed by atoms with van der Waals surface area (Å²) < 4.78 is 42.7. The molecule has 0 heterocycles. The maximum atomic E-state index is 14.5. The summed E-state index contributed by atoms with van der Waals surface area (Å²) in [5, 5.41) is 10.2. The Morgan fingerprint density at radius 2 is 0.569 bits per heavy atom. The molecule has 0 amide bonds. The number of allylic oxidation sites excluding steroid dienone is 8. The zero-order valence-electron chi connectivity index (χ0n) is 73.2. The SMILES string of the molecule is CCCCC/C=C/C/C=C/CCCCCCCCC(CCCCCCCC/C=C/C/C=C/CCCCC)OC(=O)C(CCCCN(CCCCCCCC(=O)OC(COCCCCCCC)COCCCCCCC)CCCCCCCC(=O)OC(COCCCCCCC)COCCCCCCC)N(C)CCO. The molecule has 0 aromatic rings. The highest BCUT2D eigenvalue weighted by atomic mass is 16.6. The molecule has 642 valence electrons. The molecule has 0 saturated carbocycles. The normalized spacial score (nSPS) is 12.5. The highest BCUT2D eigenvalue weighted by molar-refractivity contribution is 5.76. The van der Waals surface area contributed by atoms with Crippen molar-refractivity contribution in [2.24, 2.45) is 0 Å². The quantitative estimate of drug-likeness (QED) is 0.0267. The first-order valence-electron chi connectivity index (χ1n) is 47.2. The molecule has 0 bridgehead atoms. The second-order valence-electron chi connectivity index (χ2n) is 32.1. The molecule has 109 heavy (non-hydrogen) atoms. The monoisotopic (exact) mass is 1540 g/mol. The number of carbonyl (C=O) groups excluding carboxylic acids is 3. The Morgan fingerprint density at radius 1 is 0.294 bits per heavy atom. The van der Waals surface area contributed by atoms with Gasteiger partial charge in [0.2, 0.25) is 0 Å². The molecule has 0 aromatic carbocycles. The lowest BCUT2D eigenvalue weighted by Crippen LogP contribution is -2.42. The third-order valence-corrected chi connectivity index (χ3v) is 21.3. The van der Waals surface area contributed by atoms with Crippen molar-refractivity contribution >= 4 is 17.9 Å². The maximum absolute atomic E-state index is 14.5. The Labute approximate surface area is 675 Å². The van der Waals surface area contributed by atoms with E-state index in [0.29, 0.717) is 78.7 Å². The van der Waals surface area contributed by atoms with Gasteiger partial charge in [0.25, 0.3) is 0 Å². The van der Waals surface area contributed by atoms with Gasteiger partial charge >= 0.3 is 17.9 Å². The first-order valence-corrected chi connectivity index (χ1v) is 47.2. The topological polar surface area (TPSA) is 143 Å². The summed E-state index contributed by atoms with van der Waals surface area (Å²) in [5.74, 6) is -0.427. The minimum absolute atomic E-state index is 0.000615. The van der Waals surface area contributed by atoms with Crippen LogP contribution in [0.15, 0.2) is 48.6 Å². The van der Waals surface area contributed by atoms with Crippen molar-refractivity contribution in [3.8, 4) is 0 Å². The van der Waals surface area contributed by atoms with E-state index in [1.807, 2.05) is 11.9 Å². The molecule has 1 atom stereocenters. The largest absolute Gasteiger partial charge is 0.461 e. The molecule has 0 aliphatic rings. The van der Waals surface area contributed by atoms with E-state index in [4.69, 9.17) is 33.2 Å². The number of unbranched alkanes of at least 4 members (excludes halogenated alkanes) is 43. The number of aliphatic hydroxyl groups excluding tert-OH is 1. The first kappa shape index (κ1) is 106. The summed E-state index contributed by atoms with van der Waals surface area (Å²) in [6, 6.07) is -0.394. The van der Waals surface area contributed by atoms with Gasteiger partial charge in [0, 0.05) is 45.8 Å². The fourth-order valence-electron chi connectivity index (χ4n) is 14.1. The Balaban J connectivity index is 5.90. The van der Waals surface area contributed by atoms with Crippen molar-refractivity contribution in [3.63, 3.8) is 0 Å². The van der Waals surface area contributed by atoms with Crippen LogP contribution in [-0.4, -0.2) is 150 Å². The molecule has 0 aliphatic carbocycles. The van der Waals surface area contributed by atoms with Crippen molar-refractivity contribution < 1.29 is 52.6 Å². The van der Waals surface area contributed by atoms with Crippen molar-refractivity contribution in [1.82, 2.24) is 9.80 Å². The molecule has 13 heteroatoms. The predicted octanol–water partition coefficient (Wildman–Crippen LogP) is 26.5. The minimum atomic E-state index is -0.394. The van der Waals surface area contributed by atoms with Crippen molar-refractivity contribution in [2.45, 2.75) is 458 Å². The molecule has 13 nitrogen and oxygen atoms in total. The van der Waals surface area contributed by atoms with E-state index in [2.05, 4.69) is 95.1 Å². The number of hydrogen-bond donors (Lipinski definition) is 1. The number of esters is 3. The number of hydrogen-bond acceptors (Lipinski definition) is 13. The molecule has 0 aromatic heterocycles. The van der Waals surface area contributed by atoms with Gasteiger partial charge in [0.15, 0.2) is 0 Å². The van der Waals surface area contributed by atoms with Crippen LogP contribution in [0.4, 0.5) is 0 Å². The third kappa shape index (κ3) is 78.7. The Kier molecular flexibility index (Phi) is 86.7. The van der Waals surface area contributed by atoms with E-state index in [1.165, 1.54) is 218 Å². The van der Waals surface area contributed by atoms with Gasteiger partial charge in [0.05, 0.1) is 33.0 Å². The summed E-state index contributed by atoms with van der Waals surface area (Å²) in [5.41, 5.74) is 0. The van der Waals surface area contributed by atoms with E-state index in [-0.39, 0.29) is 42.8 Å². The zero-order chi connectivity index (χ0) is 79.1. The van der Waals surface area contributed by atoms with E-state index >= 15 is 0 Å². The van der Waals surface area contributed by atoms with Gasteiger partial charge < -0.3 is 43.2 Å². The predicted molar refractivity (Wildman–Crippen MR) is 465 cm³/mol. The van der Waals surface area contributed by atoms with Gasteiger partial charge in [-0.25, -0.2) is 0 Å². The average Bonchev–Trinajstić information content (AvgIpc) is 0.883. The number of ether oxygens (including phenoxy) is 7. The lowest BCUT2D eigenvalue weighted by molar-refractivity contribution is -0.157. The summed E-state index contributed by atoms with van der Waals surface area (Å²) in [7, 11) is 1.98. The molecule has 0 radical (unpaired) electrons. The van der Waals surface area contributed by atoms with Crippen LogP contribution in [0, 0.1) is 0 Å². The molecule has 0 spiro atoms. The van der Waals surface area contributed by atoms with Crippen molar-refractivity contribution in [2.75, 3.05) is 92.7 Å². The summed E-state index contributed by atoms with van der Waals surface area (Å²) in [4.78, 5) is 45.6. The van der Waals surface area contributed by atoms with Crippen LogP contribution in [0.3, 0.4) is 0 Å². The second-order valence-corrected chi connectivity index (χ2v) is 32.1. The van der Waals surface area contributed by atoms with Crippen LogP contribution in [0.25, 0.3) is 0 Å². The first-order chi connectivity index (χ1) is 53.7. The summed E-state index contributed by atoms with van der Waals surface area (Å²) >= 11 is 0. The Bertz CT molecular complexity index is 1830. The number of likely N-dealkylation sites (N-methyl/N-ethyl adjacent to an activating group) is 1. The van der Waals surface area contributed by atoms with E-state index in [9.17, 15) is 19.5 Å². The van der Waals surface area contributed by atoms with Crippen LogP contribution in [0.5, 0.6) is 0 Å². The molecular weight excluding hydrogens is 1360 g/mol. The van der Waals surface area contributed by atoms with Crippen LogP contribution >= 0.6 is 0 Å². The summed E-state index contributed by atoms with van der Waals surface area (Å²) in [6.45, 7) is 21.2. The fourth-order valence-corrected chi connectivity index (χ4v) is 14.1. The summed E-state index contributed by atoms with van der Waals surface area (Å²) in [6.07, 6.45) is 86.0. The van der Waals surface area contributed by atoms with Gasteiger partial charge in [-0.2, -0.15) is 0 Å². The molecule has 1 unspecified atom stereocenters. The van der Waals surface area contributed by atoms with Crippen molar-refractivity contribution in [1.29, 1.82) is 0 Å². The number of nitrogens with zero attached hydrogens (tertiary/aromatic N) is 2. The number of aliphatic hydroxyl groups is 1. The van der Waals surface area contributed by atoms with Crippen LogP contribution < -0.4 is 0 Å². The van der Waals surface area contributed by atoms with Gasteiger partial charge in [-0.3, -0.25) is 19.3 Å². The highest BCUT2D eigenvalue weighted by Crippen LogP contribution is 2.22. The fraction of sp³-hybridized carbons (Fsp3) is 0.885. The molecule has 0 saturated heterocycles. The van der Waals surface area contributed by atoms with Gasteiger partial charge in [0.1, 0.15) is 24.4 Å². The molecule has 1 N–H and O–H groups in total. The van der Waals surface area contributed by atoms with E-state index in [0.717, 1.165) is 174 Å². The lowest BCUT2D eigenvalue weighted by atomic mass is 10.0. The van der Waals surface area contributed by atoms with Crippen LogP contribution in [-0.2, 0) is 47.5 Å². The lowest BCUT2D eigenvalue weighted by Gasteiger charge is -2.29. The smallest absolute Gasteiger partial charge is 0.323 e. The minimum Gasteiger partial charge on any atom is -0.461 e. The molecule has 0 aliphatic heterocycles. The Morgan fingerprint density at radius 3 is 0.917 bits per heavy atom. The van der Waals surface area contributed by atoms with Crippen molar-refractivity contribution in [3.05, 3.63) is 48.6 Å². The number of rotatable bonds is 90. The van der Waals surface area contributed by atoms with E-state index in [1.54, 1.807) is 0 Å².